The molecule has 1 unspecified atom stereocenters. The summed E-state index contributed by atoms with van der Waals surface area (Å²) in [6.45, 7) is 13.1. The van der Waals surface area contributed by atoms with Crippen LogP contribution in [0, 0.1) is 5.41 Å². The van der Waals surface area contributed by atoms with Gasteiger partial charge in [-0.25, -0.2) is 4.98 Å². The van der Waals surface area contributed by atoms with E-state index in [1.165, 1.54) is 0 Å². The van der Waals surface area contributed by atoms with Crippen LogP contribution in [0.1, 0.15) is 59.0 Å². The zero-order chi connectivity index (χ0) is 15.3. The number of aromatic nitrogens is 2. The van der Waals surface area contributed by atoms with Crippen molar-refractivity contribution in [2.75, 3.05) is 0 Å². The van der Waals surface area contributed by atoms with Gasteiger partial charge in [-0.15, -0.1) is 0 Å². The van der Waals surface area contributed by atoms with Crippen molar-refractivity contribution in [1.82, 2.24) is 9.38 Å². The van der Waals surface area contributed by atoms with Crippen LogP contribution in [0.4, 0.5) is 0 Å². The largest absolute Gasteiger partial charge is 0.322 e. The second-order valence-corrected chi connectivity index (χ2v) is 8.43. The number of hydrogen-bond acceptors (Lipinski definition) is 2. The zero-order valence-corrected chi connectivity index (χ0v) is 14.7. The van der Waals surface area contributed by atoms with E-state index >= 15 is 0 Å². The van der Waals surface area contributed by atoms with Gasteiger partial charge in [-0.2, -0.15) is 0 Å². The Balaban J connectivity index is 2.80. The summed E-state index contributed by atoms with van der Waals surface area (Å²) in [7, 11) is 0. The van der Waals surface area contributed by atoms with Gasteiger partial charge in [0.2, 0.25) is 0 Å². The molecule has 0 aliphatic carbocycles. The van der Waals surface area contributed by atoms with Gasteiger partial charge in [-0.3, -0.25) is 0 Å². The third-order valence-electron chi connectivity index (χ3n) is 3.56. The molecule has 20 heavy (non-hydrogen) atoms. The van der Waals surface area contributed by atoms with Crippen LogP contribution in [0.25, 0.3) is 5.65 Å². The average molecular weight is 338 g/mol. The predicted molar refractivity (Wildman–Crippen MR) is 88.0 cm³/mol. The summed E-state index contributed by atoms with van der Waals surface area (Å²) >= 11 is 3.54. The molecule has 0 saturated heterocycles. The normalized spacial score (nSPS) is 14.8. The monoisotopic (exact) mass is 337 g/mol. The fourth-order valence-electron chi connectivity index (χ4n) is 2.30. The van der Waals surface area contributed by atoms with E-state index in [2.05, 4.69) is 68.1 Å². The van der Waals surface area contributed by atoms with Crippen molar-refractivity contribution in [2.24, 2.45) is 11.1 Å². The lowest BCUT2D eigenvalue weighted by atomic mass is 9.81. The summed E-state index contributed by atoms with van der Waals surface area (Å²) in [5, 5.41) is 0. The molecule has 0 aromatic carbocycles. The Morgan fingerprint density at radius 2 is 1.75 bits per heavy atom. The summed E-state index contributed by atoms with van der Waals surface area (Å²) in [5.41, 5.74) is 9.65. The Kier molecular flexibility index (Phi) is 3.76. The highest BCUT2D eigenvalue weighted by atomic mass is 79.9. The van der Waals surface area contributed by atoms with E-state index in [1.54, 1.807) is 0 Å². The SMILES string of the molecule is CC(C)(C)c1nc2ccc(Br)cn2c1C(N)C(C)(C)C. The third kappa shape index (κ3) is 2.77. The highest BCUT2D eigenvalue weighted by molar-refractivity contribution is 9.10. The molecule has 3 nitrogen and oxygen atoms in total. The lowest BCUT2D eigenvalue weighted by molar-refractivity contribution is 0.315. The molecular formula is C16H24BrN3. The molecule has 0 spiro atoms. The second kappa shape index (κ2) is 4.85. The van der Waals surface area contributed by atoms with Crippen molar-refractivity contribution >= 4 is 21.6 Å². The van der Waals surface area contributed by atoms with Gasteiger partial charge in [-0.1, -0.05) is 41.5 Å². The second-order valence-electron chi connectivity index (χ2n) is 7.51. The van der Waals surface area contributed by atoms with E-state index in [-0.39, 0.29) is 16.9 Å². The highest BCUT2D eigenvalue weighted by Gasteiger charge is 2.32. The van der Waals surface area contributed by atoms with E-state index in [1.807, 2.05) is 12.1 Å². The van der Waals surface area contributed by atoms with Crippen LogP contribution in [0.3, 0.4) is 0 Å². The number of pyridine rings is 1. The molecule has 0 radical (unpaired) electrons. The van der Waals surface area contributed by atoms with Crippen LogP contribution in [-0.4, -0.2) is 9.38 Å². The van der Waals surface area contributed by atoms with Crippen LogP contribution in [0.15, 0.2) is 22.8 Å². The Bertz CT molecular complexity index is 629. The summed E-state index contributed by atoms with van der Waals surface area (Å²) in [5.74, 6) is 0. The first-order chi connectivity index (χ1) is 9.01. The van der Waals surface area contributed by atoms with Crippen LogP contribution in [-0.2, 0) is 5.41 Å². The minimum absolute atomic E-state index is 0.0156. The van der Waals surface area contributed by atoms with E-state index in [9.17, 15) is 0 Å². The maximum absolute atomic E-state index is 6.55. The maximum atomic E-state index is 6.55. The smallest absolute Gasteiger partial charge is 0.137 e. The van der Waals surface area contributed by atoms with Crippen molar-refractivity contribution in [1.29, 1.82) is 0 Å². The lowest BCUT2D eigenvalue weighted by Gasteiger charge is -2.30. The van der Waals surface area contributed by atoms with E-state index < -0.39 is 0 Å². The Hall–Kier alpha value is -0.870. The van der Waals surface area contributed by atoms with Crippen LogP contribution < -0.4 is 5.73 Å². The average Bonchev–Trinajstić information content (AvgIpc) is 2.64. The van der Waals surface area contributed by atoms with Crippen molar-refractivity contribution in [3.8, 4) is 0 Å². The van der Waals surface area contributed by atoms with Gasteiger partial charge in [0.25, 0.3) is 0 Å². The molecule has 1 atom stereocenters. The molecule has 0 bridgehead atoms. The summed E-state index contributed by atoms with van der Waals surface area (Å²) in [6.07, 6.45) is 2.05. The first-order valence-corrected chi connectivity index (χ1v) is 7.74. The van der Waals surface area contributed by atoms with Gasteiger partial charge < -0.3 is 10.1 Å². The van der Waals surface area contributed by atoms with Crippen LogP contribution in [0.2, 0.25) is 0 Å². The molecule has 2 aromatic rings. The lowest BCUT2D eigenvalue weighted by Crippen LogP contribution is -2.30. The molecule has 2 N–H and O–H groups in total. The number of nitrogens with zero attached hydrogens (tertiary/aromatic N) is 2. The van der Waals surface area contributed by atoms with Crippen molar-refractivity contribution in [3.05, 3.63) is 34.2 Å². The number of rotatable bonds is 1. The van der Waals surface area contributed by atoms with E-state index in [0.717, 1.165) is 21.5 Å². The topological polar surface area (TPSA) is 43.3 Å². The minimum atomic E-state index is -0.0685. The minimum Gasteiger partial charge on any atom is -0.322 e. The van der Waals surface area contributed by atoms with E-state index in [4.69, 9.17) is 10.7 Å². The van der Waals surface area contributed by atoms with Gasteiger partial charge in [0, 0.05) is 16.1 Å². The van der Waals surface area contributed by atoms with Gasteiger partial charge >= 0.3 is 0 Å². The third-order valence-corrected chi connectivity index (χ3v) is 4.03. The Morgan fingerprint density at radius 1 is 1.15 bits per heavy atom. The summed E-state index contributed by atoms with van der Waals surface area (Å²) in [4.78, 5) is 4.82. The summed E-state index contributed by atoms with van der Waals surface area (Å²) < 4.78 is 3.16. The Morgan fingerprint density at radius 3 is 2.25 bits per heavy atom. The van der Waals surface area contributed by atoms with Gasteiger partial charge in [0.05, 0.1) is 17.4 Å². The number of imidazole rings is 1. The van der Waals surface area contributed by atoms with Crippen LogP contribution in [0.5, 0.6) is 0 Å². The van der Waals surface area contributed by atoms with Crippen molar-refractivity contribution < 1.29 is 0 Å². The maximum Gasteiger partial charge on any atom is 0.137 e. The molecular weight excluding hydrogens is 314 g/mol. The van der Waals surface area contributed by atoms with Gasteiger partial charge in [0.1, 0.15) is 5.65 Å². The number of fused-ring (bicyclic) bond motifs is 1. The first-order valence-electron chi connectivity index (χ1n) is 6.95. The van der Waals surface area contributed by atoms with Crippen molar-refractivity contribution in [3.63, 3.8) is 0 Å². The molecule has 4 heteroatoms. The molecule has 0 aliphatic rings. The number of nitrogens with two attached hydrogens (primary N) is 1. The first kappa shape index (κ1) is 15.5. The van der Waals surface area contributed by atoms with Crippen LogP contribution >= 0.6 is 15.9 Å². The molecule has 2 rings (SSSR count). The molecule has 0 saturated carbocycles. The molecule has 0 amide bonds. The molecule has 0 fully saturated rings. The quantitative estimate of drug-likeness (QED) is 0.835. The molecule has 0 aliphatic heterocycles. The predicted octanol–water partition coefficient (Wildman–Crippen LogP) is 4.44. The molecule has 110 valence electrons. The number of halogens is 1. The standard InChI is InChI=1S/C16H24BrN3/c1-15(2,3)13(18)12-14(16(4,5)6)19-11-8-7-10(17)9-20(11)12/h7-9,13H,18H2,1-6H3. The number of hydrogen-bond donors (Lipinski definition) is 1. The van der Waals surface area contributed by atoms with E-state index in [0.29, 0.717) is 0 Å². The zero-order valence-electron chi connectivity index (χ0n) is 13.2. The highest BCUT2D eigenvalue weighted by Crippen LogP contribution is 2.37. The summed E-state index contributed by atoms with van der Waals surface area (Å²) in [6, 6.07) is 3.97. The molecule has 2 heterocycles. The fourth-order valence-corrected chi connectivity index (χ4v) is 2.63. The Labute approximate surface area is 129 Å². The fraction of sp³-hybridized carbons (Fsp3) is 0.562. The van der Waals surface area contributed by atoms with Crippen molar-refractivity contribution in [2.45, 2.75) is 53.0 Å². The van der Waals surface area contributed by atoms with Gasteiger partial charge in [-0.05, 0) is 33.5 Å². The molecule has 2 aromatic heterocycles. The van der Waals surface area contributed by atoms with Gasteiger partial charge in [0.15, 0.2) is 0 Å².